The predicted octanol–water partition coefficient (Wildman–Crippen LogP) is 2.51. The summed E-state index contributed by atoms with van der Waals surface area (Å²) in [5.41, 5.74) is 11.1. The largest absolute Gasteiger partial charge is 0.398 e. The number of anilines is 1. The Kier molecular flexibility index (Phi) is 3.07. The average molecular weight is 240 g/mol. The molecule has 1 aromatic heterocycles. The van der Waals surface area contributed by atoms with Crippen LogP contribution in [0, 0.1) is 25.2 Å². The second kappa shape index (κ2) is 4.53. The minimum Gasteiger partial charge on any atom is -0.398 e. The number of rotatable bonds is 2. The number of nitriles is 1. The molecule has 0 amide bonds. The second-order valence-electron chi connectivity index (χ2n) is 4.30. The number of nitrogens with zero attached hydrogens (tertiary/aromatic N) is 3. The highest BCUT2D eigenvalue weighted by Gasteiger charge is 2.11. The van der Waals surface area contributed by atoms with E-state index in [-0.39, 0.29) is 0 Å². The zero-order valence-corrected chi connectivity index (χ0v) is 10.9. The van der Waals surface area contributed by atoms with Gasteiger partial charge >= 0.3 is 0 Å². The van der Waals surface area contributed by atoms with Crippen molar-refractivity contribution in [3.63, 3.8) is 0 Å². The number of nitrogen functional groups attached to an aromatic ring is 1. The monoisotopic (exact) mass is 240 g/mol. The molecule has 0 aliphatic rings. The van der Waals surface area contributed by atoms with E-state index in [0.717, 1.165) is 23.5 Å². The molecule has 0 radical (unpaired) electrons. The summed E-state index contributed by atoms with van der Waals surface area (Å²) in [7, 11) is 0. The van der Waals surface area contributed by atoms with E-state index in [9.17, 15) is 0 Å². The summed E-state index contributed by atoms with van der Waals surface area (Å²) in [5.74, 6) is 0. The molecule has 1 aromatic carbocycles. The van der Waals surface area contributed by atoms with Crippen molar-refractivity contribution < 1.29 is 0 Å². The van der Waals surface area contributed by atoms with Crippen molar-refractivity contribution in [1.29, 1.82) is 5.26 Å². The van der Waals surface area contributed by atoms with E-state index in [0.29, 0.717) is 11.3 Å². The van der Waals surface area contributed by atoms with E-state index < -0.39 is 0 Å². The SMILES string of the molecule is CCc1c(C)nn(-c2ccc(C#N)c(N)c2)c1C. The van der Waals surface area contributed by atoms with Gasteiger partial charge in [-0.25, -0.2) is 4.68 Å². The molecule has 0 atom stereocenters. The zero-order chi connectivity index (χ0) is 13.3. The average Bonchev–Trinajstić information content (AvgIpc) is 2.64. The van der Waals surface area contributed by atoms with Gasteiger partial charge in [0.05, 0.1) is 22.6 Å². The standard InChI is InChI=1S/C14H16N4/c1-4-13-9(2)17-18(10(13)3)12-6-5-11(8-15)14(16)7-12/h5-7H,4,16H2,1-3H3. The predicted molar refractivity (Wildman–Crippen MR) is 71.5 cm³/mol. The number of aryl methyl sites for hydroxylation is 1. The van der Waals surface area contributed by atoms with Crippen LogP contribution in [0.5, 0.6) is 0 Å². The lowest BCUT2D eigenvalue weighted by molar-refractivity contribution is 0.833. The molecule has 0 spiro atoms. The second-order valence-corrected chi connectivity index (χ2v) is 4.30. The van der Waals surface area contributed by atoms with Crippen molar-refractivity contribution >= 4 is 5.69 Å². The normalized spacial score (nSPS) is 10.3. The Morgan fingerprint density at radius 2 is 2.11 bits per heavy atom. The van der Waals surface area contributed by atoms with Crippen LogP contribution in [0.25, 0.3) is 5.69 Å². The minimum absolute atomic E-state index is 0.487. The van der Waals surface area contributed by atoms with E-state index >= 15 is 0 Å². The van der Waals surface area contributed by atoms with Crippen molar-refractivity contribution in [3.05, 3.63) is 40.7 Å². The van der Waals surface area contributed by atoms with E-state index in [4.69, 9.17) is 11.0 Å². The van der Waals surface area contributed by atoms with Crippen LogP contribution in [0.3, 0.4) is 0 Å². The van der Waals surface area contributed by atoms with Gasteiger partial charge in [0.1, 0.15) is 6.07 Å². The maximum absolute atomic E-state index is 8.87. The number of hydrogen-bond acceptors (Lipinski definition) is 3. The summed E-state index contributed by atoms with van der Waals surface area (Å²) < 4.78 is 1.88. The van der Waals surface area contributed by atoms with Crippen molar-refractivity contribution in [3.8, 4) is 11.8 Å². The summed E-state index contributed by atoms with van der Waals surface area (Å²) in [4.78, 5) is 0. The first-order valence-electron chi connectivity index (χ1n) is 5.93. The van der Waals surface area contributed by atoms with Crippen molar-refractivity contribution in [1.82, 2.24) is 9.78 Å². The van der Waals surface area contributed by atoms with Gasteiger partial charge < -0.3 is 5.73 Å². The van der Waals surface area contributed by atoms with Crippen molar-refractivity contribution in [2.24, 2.45) is 0 Å². The smallest absolute Gasteiger partial charge is 0.101 e. The molecule has 1 heterocycles. The van der Waals surface area contributed by atoms with Gasteiger partial charge in [-0.05, 0) is 44.0 Å². The molecule has 0 saturated carbocycles. The highest BCUT2D eigenvalue weighted by atomic mass is 15.3. The molecule has 4 nitrogen and oxygen atoms in total. The first-order valence-corrected chi connectivity index (χ1v) is 5.93. The van der Waals surface area contributed by atoms with Gasteiger partial charge in [0.2, 0.25) is 0 Å². The van der Waals surface area contributed by atoms with Gasteiger partial charge in [-0.1, -0.05) is 6.92 Å². The molecule has 2 aromatic rings. The highest BCUT2D eigenvalue weighted by Crippen LogP contribution is 2.21. The molecule has 0 unspecified atom stereocenters. The molecule has 0 aliphatic carbocycles. The van der Waals surface area contributed by atoms with Crippen LogP contribution < -0.4 is 5.73 Å². The van der Waals surface area contributed by atoms with Crippen LogP contribution in [0.2, 0.25) is 0 Å². The molecule has 0 bridgehead atoms. The van der Waals surface area contributed by atoms with E-state index in [2.05, 4.69) is 18.1 Å². The Morgan fingerprint density at radius 3 is 2.61 bits per heavy atom. The van der Waals surface area contributed by atoms with Crippen LogP contribution in [-0.2, 0) is 6.42 Å². The number of nitrogens with two attached hydrogens (primary N) is 1. The van der Waals surface area contributed by atoms with Crippen LogP contribution in [0.15, 0.2) is 18.2 Å². The van der Waals surface area contributed by atoms with Gasteiger partial charge in [-0.15, -0.1) is 0 Å². The summed E-state index contributed by atoms with van der Waals surface area (Å²) in [6, 6.07) is 7.45. The summed E-state index contributed by atoms with van der Waals surface area (Å²) in [6.45, 7) is 6.18. The molecule has 4 heteroatoms. The number of benzene rings is 1. The quantitative estimate of drug-likeness (QED) is 0.820. The summed E-state index contributed by atoms with van der Waals surface area (Å²) >= 11 is 0. The fourth-order valence-electron chi connectivity index (χ4n) is 2.22. The Morgan fingerprint density at radius 1 is 1.39 bits per heavy atom. The first-order chi connectivity index (χ1) is 8.58. The molecule has 18 heavy (non-hydrogen) atoms. The van der Waals surface area contributed by atoms with Crippen molar-refractivity contribution in [2.75, 3.05) is 5.73 Å². The van der Waals surface area contributed by atoms with Crippen LogP contribution in [0.4, 0.5) is 5.69 Å². The van der Waals surface area contributed by atoms with Crippen LogP contribution in [-0.4, -0.2) is 9.78 Å². The van der Waals surface area contributed by atoms with E-state index in [1.165, 1.54) is 5.56 Å². The van der Waals surface area contributed by atoms with Gasteiger partial charge in [-0.2, -0.15) is 10.4 Å². The van der Waals surface area contributed by atoms with Crippen LogP contribution in [0.1, 0.15) is 29.4 Å². The molecule has 92 valence electrons. The Hall–Kier alpha value is -2.28. The van der Waals surface area contributed by atoms with Gasteiger partial charge in [-0.3, -0.25) is 0 Å². The molecule has 0 fully saturated rings. The van der Waals surface area contributed by atoms with Crippen LogP contribution >= 0.6 is 0 Å². The Bertz CT molecular complexity index is 632. The Balaban J connectivity index is 2.56. The molecule has 0 saturated heterocycles. The van der Waals surface area contributed by atoms with Gasteiger partial charge in [0, 0.05) is 5.69 Å². The molecule has 0 aliphatic heterocycles. The lowest BCUT2D eigenvalue weighted by atomic mass is 10.1. The zero-order valence-electron chi connectivity index (χ0n) is 10.9. The minimum atomic E-state index is 0.487. The summed E-state index contributed by atoms with van der Waals surface area (Å²) in [6.07, 6.45) is 0.962. The third-order valence-corrected chi connectivity index (χ3v) is 3.19. The van der Waals surface area contributed by atoms with E-state index in [1.807, 2.05) is 24.6 Å². The van der Waals surface area contributed by atoms with Crippen molar-refractivity contribution in [2.45, 2.75) is 27.2 Å². The highest BCUT2D eigenvalue weighted by molar-refractivity contribution is 5.59. The Labute approximate surface area is 107 Å². The third-order valence-electron chi connectivity index (χ3n) is 3.19. The summed E-state index contributed by atoms with van der Waals surface area (Å²) in [5, 5.41) is 13.4. The molecular formula is C14H16N4. The number of hydrogen-bond donors (Lipinski definition) is 1. The van der Waals surface area contributed by atoms with Gasteiger partial charge in [0.25, 0.3) is 0 Å². The van der Waals surface area contributed by atoms with Gasteiger partial charge in [0.15, 0.2) is 0 Å². The molecule has 2 rings (SSSR count). The fraction of sp³-hybridized carbons (Fsp3) is 0.286. The molecular weight excluding hydrogens is 224 g/mol. The molecule has 2 N–H and O–H groups in total. The fourth-order valence-corrected chi connectivity index (χ4v) is 2.22. The topological polar surface area (TPSA) is 67.6 Å². The first kappa shape index (κ1) is 12.2. The van der Waals surface area contributed by atoms with E-state index in [1.54, 1.807) is 12.1 Å². The lowest BCUT2D eigenvalue weighted by Gasteiger charge is -2.06. The number of aromatic nitrogens is 2. The lowest BCUT2D eigenvalue weighted by Crippen LogP contribution is -2.01. The third kappa shape index (κ3) is 1.84. The maximum Gasteiger partial charge on any atom is 0.101 e. The maximum atomic E-state index is 8.87.